The minimum atomic E-state index is -0.859. The number of carboxylic acid groups (broad SMARTS) is 1. The van der Waals surface area contributed by atoms with Crippen LogP contribution in [0.25, 0.3) is 11.4 Å². The fourth-order valence-electron chi connectivity index (χ4n) is 3.38. The number of carbonyl (C=O) groups is 1. The summed E-state index contributed by atoms with van der Waals surface area (Å²) in [6.45, 7) is 0. The second-order valence-electron chi connectivity index (χ2n) is 6.80. The second kappa shape index (κ2) is 8.21. The maximum Gasteiger partial charge on any atom is 0.307 e. The zero-order chi connectivity index (χ0) is 20.4. The molecule has 0 spiro atoms. The van der Waals surface area contributed by atoms with Crippen LogP contribution in [0.4, 0.5) is 0 Å². The molecule has 4 rings (SSSR count). The molecule has 1 N–H and O–H groups in total. The SMILES string of the molecule is COc1ccc(-c2nc3c(c(Oc4ccc(CC(=O)O)cc4)n2)CCC3)cc1Br. The van der Waals surface area contributed by atoms with Gasteiger partial charge in [-0.2, -0.15) is 4.98 Å². The van der Waals surface area contributed by atoms with Crippen LogP contribution in [0.1, 0.15) is 23.2 Å². The molecule has 0 saturated carbocycles. The number of methoxy groups -OCH3 is 1. The van der Waals surface area contributed by atoms with Crippen molar-refractivity contribution in [1.82, 2.24) is 9.97 Å². The Hall–Kier alpha value is -2.93. The summed E-state index contributed by atoms with van der Waals surface area (Å²) in [5, 5.41) is 8.91. The lowest BCUT2D eigenvalue weighted by molar-refractivity contribution is -0.136. The number of ether oxygens (including phenoxy) is 2. The number of fused-ring (bicyclic) bond motifs is 1. The summed E-state index contributed by atoms with van der Waals surface area (Å²) in [6.07, 6.45) is 2.79. The van der Waals surface area contributed by atoms with Gasteiger partial charge in [-0.15, -0.1) is 0 Å². The van der Waals surface area contributed by atoms with Crippen molar-refractivity contribution in [2.75, 3.05) is 7.11 Å². The molecule has 6 nitrogen and oxygen atoms in total. The number of rotatable bonds is 6. The molecule has 2 aromatic carbocycles. The number of aliphatic carboxylic acids is 1. The van der Waals surface area contributed by atoms with Crippen LogP contribution in [0.5, 0.6) is 17.4 Å². The fourth-order valence-corrected chi connectivity index (χ4v) is 3.92. The summed E-state index contributed by atoms with van der Waals surface area (Å²) in [4.78, 5) is 20.3. The van der Waals surface area contributed by atoms with E-state index in [0.717, 1.165) is 51.9 Å². The molecule has 29 heavy (non-hydrogen) atoms. The smallest absolute Gasteiger partial charge is 0.307 e. The highest BCUT2D eigenvalue weighted by Gasteiger charge is 2.22. The minimum absolute atomic E-state index is 0.0142. The molecule has 1 aliphatic carbocycles. The van der Waals surface area contributed by atoms with Gasteiger partial charge in [-0.25, -0.2) is 4.98 Å². The molecule has 0 saturated heterocycles. The normalized spacial score (nSPS) is 12.5. The van der Waals surface area contributed by atoms with Gasteiger partial charge in [0.05, 0.1) is 23.7 Å². The molecular formula is C22H19BrN2O4. The zero-order valence-corrected chi connectivity index (χ0v) is 17.4. The summed E-state index contributed by atoms with van der Waals surface area (Å²) in [5.41, 5.74) is 3.64. The third-order valence-electron chi connectivity index (χ3n) is 4.80. The Morgan fingerprint density at radius 2 is 1.93 bits per heavy atom. The van der Waals surface area contributed by atoms with E-state index in [4.69, 9.17) is 19.6 Å². The molecule has 0 amide bonds. The van der Waals surface area contributed by atoms with E-state index in [-0.39, 0.29) is 6.42 Å². The standard InChI is InChI=1S/C22H19BrN2O4/c1-28-19-10-7-14(12-17(19)23)21-24-18-4-2-3-16(18)22(25-21)29-15-8-5-13(6-9-15)11-20(26)27/h5-10,12H,2-4,11H2,1H3,(H,26,27). The average Bonchev–Trinajstić information content (AvgIpc) is 3.18. The molecule has 0 unspecified atom stereocenters. The summed E-state index contributed by atoms with van der Waals surface area (Å²) >= 11 is 3.51. The highest BCUT2D eigenvalue weighted by atomic mass is 79.9. The fraction of sp³-hybridized carbons (Fsp3) is 0.227. The van der Waals surface area contributed by atoms with E-state index in [2.05, 4.69) is 20.9 Å². The number of benzene rings is 2. The monoisotopic (exact) mass is 454 g/mol. The van der Waals surface area contributed by atoms with Gasteiger partial charge in [0.15, 0.2) is 5.82 Å². The van der Waals surface area contributed by atoms with Crippen molar-refractivity contribution in [1.29, 1.82) is 0 Å². The lowest BCUT2D eigenvalue weighted by atomic mass is 10.1. The van der Waals surface area contributed by atoms with Gasteiger partial charge in [0, 0.05) is 11.1 Å². The number of hydrogen-bond donors (Lipinski definition) is 1. The van der Waals surface area contributed by atoms with Gasteiger partial charge in [0.25, 0.3) is 0 Å². The topological polar surface area (TPSA) is 81.5 Å². The third-order valence-corrected chi connectivity index (χ3v) is 5.42. The van der Waals surface area contributed by atoms with Crippen molar-refractivity contribution < 1.29 is 19.4 Å². The van der Waals surface area contributed by atoms with Gasteiger partial charge in [-0.1, -0.05) is 12.1 Å². The molecule has 148 valence electrons. The van der Waals surface area contributed by atoms with Gasteiger partial charge in [-0.3, -0.25) is 4.79 Å². The molecule has 1 aromatic heterocycles. The summed E-state index contributed by atoms with van der Waals surface area (Å²) in [5.74, 6) is 1.66. The number of aromatic nitrogens is 2. The van der Waals surface area contributed by atoms with E-state index < -0.39 is 5.97 Å². The van der Waals surface area contributed by atoms with Gasteiger partial charge < -0.3 is 14.6 Å². The number of nitrogens with zero attached hydrogens (tertiary/aromatic N) is 2. The molecular weight excluding hydrogens is 436 g/mol. The summed E-state index contributed by atoms with van der Waals surface area (Å²) < 4.78 is 12.2. The van der Waals surface area contributed by atoms with Gasteiger partial charge >= 0.3 is 5.97 Å². The predicted molar refractivity (Wildman–Crippen MR) is 112 cm³/mol. The van der Waals surface area contributed by atoms with Crippen LogP contribution in [-0.2, 0) is 24.1 Å². The van der Waals surface area contributed by atoms with Crippen LogP contribution in [0, 0.1) is 0 Å². The molecule has 1 aliphatic rings. The molecule has 0 fully saturated rings. The van der Waals surface area contributed by atoms with E-state index >= 15 is 0 Å². The van der Waals surface area contributed by atoms with Crippen molar-refractivity contribution in [2.45, 2.75) is 25.7 Å². The molecule has 7 heteroatoms. The van der Waals surface area contributed by atoms with Crippen LogP contribution in [-0.4, -0.2) is 28.2 Å². The van der Waals surface area contributed by atoms with Crippen molar-refractivity contribution in [3.8, 4) is 28.8 Å². The zero-order valence-electron chi connectivity index (χ0n) is 15.8. The Morgan fingerprint density at radius 1 is 1.14 bits per heavy atom. The quantitative estimate of drug-likeness (QED) is 0.574. The van der Waals surface area contributed by atoms with Gasteiger partial charge in [0.2, 0.25) is 5.88 Å². The van der Waals surface area contributed by atoms with Crippen molar-refractivity contribution in [2.24, 2.45) is 0 Å². The van der Waals surface area contributed by atoms with Gasteiger partial charge in [-0.05, 0) is 71.1 Å². The molecule has 1 heterocycles. The van der Waals surface area contributed by atoms with E-state index in [9.17, 15) is 4.79 Å². The first-order valence-corrected chi connectivity index (χ1v) is 10.0. The summed E-state index contributed by atoms with van der Waals surface area (Å²) in [7, 11) is 1.62. The van der Waals surface area contributed by atoms with E-state index in [1.54, 1.807) is 31.4 Å². The van der Waals surface area contributed by atoms with Crippen LogP contribution >= 0.6 is 15.9 Å². The average molecular weight is 455 g/mol. The highest BCUT2D eigenvalue weighted by Crippen LogP contribution is 2.35. The van der Waals surface area contributed by atoms with Crippen molar-refractivity contribution >= 4 is 21.9 Å². The molecule has 0 radical (unpaired) electrons. The third kappa shape index (κ3) is 4.24. The van der Waals surface area contributed by atoms with Crippen molar-refractivity contribution in [3.63, 3.8) is 0 Å². The number of aryl methyl sites for hydroxylation is 1. The number of halogens is 1. The predicted octanol–water partition coefficient (Wildman–Crippen LogP) is 4.82. The Bertz CT molecular complexity index is 1070. The molecule has 0 atom stereocenters. The first-order valence-electron chi connectivity index (χ1n) is 9.26. The minimum Gasteiger partial charge on any atom is -0.496 e. The Balaban J connectivity index is 1.67. The van der Waals surface area contributed by atoms with Crippen LogP contribution in [0.2, 0.25) is 0 Å². The Labute approximate surface area is 176 Å². The Morgan fingerprint density at radius 3 is 2.62 bits per heavy atom. The molecule has 0 aliphatic heterocycles. The molecule has 3 aromatic rings. The van der Waals surface area contributed by atoms with Crippen molar-refractivity contribution in [3.05, 3.63) is 63.8 Å². The first-order chi connectivity index (χ1) is 14.0. The lowest BCUT2D eigenvalue weighted by Gasteiger charge is -2.12. The largest absolute Gasteiger partial charge is 0.496 e. The maximum atomic E-state index is 10.8. The van der Waals surface area contributed by atoms with E-state index in [1.165, 1.54) is 0 Å². The lowest BCUT2D eigenvalue weighted by Crippen LogP contribution is -2.02. The Kier molecular flexibility index (Phi) is 5.49. The number of carboxylic acids is 1. The van der Waals surface area contributed by atoms with E-state index in [0.29, 0.717) is 17.5 Å². The van der Waals surface area contributed by atoms with Gasteiger partial charge in [0.1, 0.15) is 11.5 Å². The van der Waals surface area contributed by atoms with Crippen LogP contribution in [0.3, 0.4) is 0 Å². The first kappa shape index (κ1) is 19.4. The van der Waals surface area contributed by atoms with E-state index in [1.807, 2.05) is 18.2 Å². The molecule has 0 bridgehead atoms. The van der Waals surface area contributed by atoms with Crippen LogP contribution in [0.15, 0.2) is 46.9 Å². The highest BCUT2D eigenvalue weighted by molar-refractivity contribution is 9.10. The van der Waals surface area contributed by atoms with Crippen LogP contribution < -0.4 is 9.47 Å². The number of hydrogen-bond acceptors (Lipinski definition) is 5. The second-order valence-corrected chi connectivity index (χ2v) is 7.65. The maximum absolute atomic E-state index is 10.8. The summed E-state index contributed by atoms with van der Waals surface area (Å²) in [6, 6.07) is 12.8.